The first-order chi connectivity index (χ1) is 8.89. The molecule has 0 atom stereocenters. The Morgan fingerprint density at radius 3 is 2.63 bits per heavy atom. The summed E-state index contributed by atoms with van der Waals surface area (Å²) in [6.45, 7) is 6.87. The maximum absolute atomic E-state index is 9.88. The average molecular weight is 268 g/mol. The third kappa shape index (κ3) is 4.55. The van der Waals surface area contributed by atoms with E-state index in [0.717, 1.165) is 13.0 Å². The molecule has 0 aliphatic heterocycles. The number of hydrogen-bond donors (Lipinski definition) is 2. The maximum Gasteiger partial charge on any atom is 0.204 e. The lowest BCUT2D eigenvalue weighted by Crippen LogP contribution is -2.36. The van der Waals surface area contributed by atoms with Crippen LogP contribution < -0.4 is 15.0 Å². The molecule has 6 heteroatoms. The number of rotatable bonds is 7. The van der Waals surface area contributed by atoms with Gasteiger partial charge in [0.25, 0.3) is 0 Å². The summed E-state index contributed by atoms with van der Waals surface area (Å²) in [5, 5.41) is 13.1. The van der Waals surface area contributed by atoms with E-state index in [9.17, 15) is 5.11 Å². The van der Waals surface area contributed by atoms with Gasteiger partial charge in [-0.05, 0) is 20.3 Å². The highest BCUT2D eigenvalue weighted by Gasteiger charge is 2.21. The molecule has 0 aliphatic rings. The highest BCUT2D eigenvalue weighted by atomic mass is 16.5. The normalized spacial score (nSPS) is 11.3. The van der Waals surface area contributed by atoms with Crippen LogP contribution in [0.5, 0.6) is 5.75 Å². The number of nitrogens with one attached hydrogen (secondary N) is 1. The molecule has 1 rings (SSSR count). The van der Waals surface area contributed by atoms with Gasteiger partial charge in [0.2, 0.25) is 5.75 Å². The average Bonchev–Trinajstić information content (AvgIpc) is 2.33. The third-order valence-electron chi connectivity index (χ3n) is 2.52. The summed E-state index contributed by atoms with van der Waals surface area (Å²) in [6, 6.07) is 0. The molecular weight excluding hydrogens is 244 g/mol. The van der Waals surface area contributed by atoms with Crippen molar-refractivity contribution < 1.29 is 9.84 Å². The molecule has 0 bridgehead atoms. The summed E-state index contributed by atoms with van der Waals surface area (Å²) in [7, 11) is 3.46. The lowest BCUT2D eigenvalue weighted by molar-refractivity contribution is 0.0883. The Balaban J connectivity index is 2.99. The summed E-state index contributed by atoms with van der Waals surface area (Å²) < 4.78 is 5.40. The van der Waals surface area contributed by atoms with Gasteiger partial charge in [-0.3, -0.25) is 0 Å². The van der Waals surface area contributed by atoms with E-state index in [1.54, 1.807) is 21.0 Å². The molecule has 0 saturated carbocycles. The Morgan fingerprint density at radius 1 is 1.42 bits per heavy atom. The number of aliphatic hydroxyl groups is 1. The lowest BCUT2D eigenvalue weighted by atomic mass is 10.1. The second-order valence-electron chi connectivity index (χ2n) is 5.17. The van der Waals surface area contributed by atoms with Gasteiger partial charge in [0.05, 0.1) is 12.7 Å². The number of ether oxygens (including phenoxy) is 1. The Bertz CT molecular complexity index is 404. The van der Waals surface area contributed by atoms with E-state index >= 15 is 0 Å². The maximum atomic E-state index is 9.88. The van der Waals surface area contributed by atoms with Gasteiger partial charge >= 0.3 is 0 Å². The van der Waals surface area contributed by atoms with Crippen molar-refractivity contribution in [3.63, 3.8) is 0 Å². The van der Waals surface area contributed by atoms with Crippen molar-refractivity contribution >= 4 is 11.6 Å². The molecule has 19 heavy (non-hydrogen) atoms. The zero-order valence-corrected chi connectivity index (χ0v) is 12.4. The van der Waals surface area contributed by atoms with E-state index in [1.165, 1.54) is 6.33 Å². The fraction of sp³-hybridized carbons (Fsp3) is 0.692. The van der Waals surface area contributed by atoms with Crippen molar-refractivity contribution in [2.75, 3.05) is 37.5 Å². The first-order valence-electron chi connectivity index (χ1n) is 6.45. The van der Waals surface area contributed by atoms with Crippen LogP contribution in [0.4, 0.5) is 11.6 Å². The minimum atomic E-state index is -0.804. The van der Waals surface area contributed by atoms with Crippen LogP contribution in [0.25, 0.3) is 0 Å². The monoisotopic (exact) mass is 268 g/mol. The largest absolute Gasteiger partial charge is 0.490 e. The van der Waals surface area contributed by atoms with E-state index in [2.05, 4.69) is 22.2 Å². The molecule has 108 valence electrons. The summed E-state index contributed by atoms with van der Waals surface area (Å²) in [4.78, 5) is 10.3. The van der Waals surface area contributed by atoms with E-state index in [1.807, 2.05) is 11.9 Å². The second-order valence-corrected chi connectivity index (χ2v) is 5.17. The molecule has 0 amide bonds. The van der Waals surface area contributed by atoms with Crippen LogP contribution in [-0.4, -0.2) is 47.9 Å². The Morgan fingerprint density at radius 2 is 2.11 bits per heavy atom. The first-order valence-corrected chi connectivity index (χ1v) is 6.45. The second kappa shape index (κ2) is 6.56. The van der Waals surface area contributed by atoms with Gasteiger partial charge in [-0.1, -0.05) is 6.92 Å². The summed E-state index contributed by atoms with van der Waals surface area (Å²) >= 11 is 0. The first kappa shape index (κ1) is 15.5. The highest BCUT2D eigenvalue weighted by molar-refractivity contribution is 5.64. The highest BCUT2D eigenvalue weighted by Crippen LogP contribution is 2.31. The molecule has 0 saturated heterocycles. The summed E-state index contributed by atoms with van der Waals surface area (Å²) in [6.07, 6.45) is 2.50. The number of likely N-dealkylation sites (N-methyl/N-ethyl adjacent to an activating group) is 1. The molecule has 0 fully saturated rings. The van der Waals surface area contributed by atoms with Crippen LogP contribution in [0.2, 0.25) is 0 Å². The lowest BCUT2D eigenvalue weighted by Gasteiger charge is -2.27. The van der Waals surface area contributed by atoms with Crippen molar-refractivity contribution in [2.24, 2.45) is 0 Å². The molecule has 0 aromatic carbocycles. The van der Waals surface area contributed by atoms with E-state index in [0.29, 0.717) is 23.9 Å². The van der Waals surface area contributed by atoms with Crippen LogP contribution in [0.3, 0.4) is 0 Å². The molecule has 1 heterocycles. The minimum Gasteiger partial charge on any atom is -0.490 e. The summed E-state index contributed by atoms with van der Waals surface area (Å²) in [5.41, 5.74) is -0.804. The van der Waals surface area contributed by atoms with Crippen molar-refractivity contribution in [3.8, 4) is 5.75 Å². The van der Waals surface area contributed by atoms with Gasteiger partial charge in [0.1, 0.15) is 6.33 Å². The van der Waals surface area contributed by atoms with Crippen molar-refractivity contribution in [2.45, 2.75) is 32.8 Å². The quantitative estimate of drug-likeness (QED) is 0.781. The molecule has 1 aromatic heterocycles. The van der Waals surface area contributed by atoms with Crippen LogP contribution >= 0.6 is 0 Å². The summed E-state index contributed by atoms with van der Waals surface area (Å²) in [5.74, 6) is 1.94. The standard InChI is InChI=1S/C13H24N4O2/c1-6-7-14-11-10(19-5)12(16-9-15-11)17(4)8-13(2,3)18/h9,18H,6-8H2,1-5H3,(H,14,15,16). The third-order valence-corrected chi connectivity index (χ3v) is 2.52. The molecule has 0 aliphatic carbocycles. The zero-order chi connectivity index (χ0) is 14.5. The van der Waals surface area contributed by atoms with Crippen molar-refractivity contribution in [1.82, 2.24) is 9.97 Å². The van der Waals surface area contributed by atoms with Crippen LogP contribution in [0.15, 0.2) is 6.33 Å². The fourth-order valence-corrected chi connectivity index (χ4v) is 1.85. The van der Waals surface area contributed by atoms with Crippen LogP contribution in [0.1, 0.15) is 27.2 Å². The smallest absolute Gasteiger partial charge is 0.204 e. The SMILES string of the molecule is CCCNc1ncnc(N(C)CC(C)(C)O)c1OC. The van der Waals surface area contributed by atoms with Crippen LogP contribution in [-0.2, 0) is 0 Å². The van der Waals surface area contributed by atoms with E-state index in [4.69, 9.17) is 4.74 Å². The van der Waals surface area contributed by atoms with Gasteiger partial charge in [-0.15, -0.1) is 0 Å². The molecule has 2 N–H and O–H groups in total. The molecule has 0 spiro atoms. The molecular formula is C13H24N4O2. The number of methoxy groups -OCH3 is 1. The van der Waals surface area contributed by atoms with E-state index < -0.39 is 5.60 Å². The Kier molecular flexibility index (Phi) is 5.35. The van der Waals surface area contributed by atoms with Gasteiger partial charge in [-0.2, -0.15) is 0 Å². The Hall–Kier alpha value is -1.56. The molecule has 6 nitrogen and oxygen atoms in total. The zero-order valence-electron chi connectivity index (χ0n) is 12.4. The van der Waals surface area contributed by atoms with Gasteiger partial charge in [0.15, 0.2) is 11.6 Å². The van der Waals surface area contributed by atoms with Gasteiger partial charge in [0, 0.05) is 20.1 Å². The minimum absolute atomic E-state index is 0.452. The van der Waals surface area contributed by atoms with Gasteiger partial charge in [-0.25, -0.2) is 9.97 Å². The van der Waals surface area contributed by atoms with Crippen molar-refractivity contribution in [3.05, 3.63) is 6.33 Å². The topological polar surface area (TPSA) is 70.5 Å². The predicted molar refractivity (Wildman–Crippen MR) is 76.9 cm³/mol. The van der Waals surface area contributed by atoms with Crippen molar-refractivity contribution in [1.29, 1.82) is 0 Å². The number of hydrogen-bond acceptors (Lipinski definition) is 6. The molecule has 0 radical (unpaired) electrons. The van der Waals surface area contributed by atoms with E-state index in [-0.39, 0.29) is 0 Å². The predicted octanol–water partition coefficient (Wildman–Crippen LogP) is 1.51. The molecule has 0 unspecified atom stereocenters. The number of anilines is 2. The van der Waals surface area contributed by atoms with Crippen LogP contribution in [0, 0.1) is 0 Å². The number of nitrogens with zero attached hydrogens (tertiary/aromatic N) is 3. The molecule has 1 aromatic rings. The number of aromatic nitrogens is 2. The fourth-order valence-electron chi connectivity index (χ4n) is 1.85. The van der Waals surface area contributed by atoms with Gasteiger partial charge < -0.3 is 20.1 Å². The Labute approximate surface area is 114 Å².